The van der Waals surface area contributed by atoms with Gasteiger partial charge in [-0.2, -0.15) is 0 Å². The van der Waals surface area contributed by atoms with Gasteiger partial charge in [-0.05, 0) is 24.6 Å². The van der Waals surface area contributed by atoms with E-state index in [9.17, 15) is 14.4 Å². The third-order valence-electron chi connectivity index (χ3n) is 5.02. The Kier molecular flexibility index (Phi) is 4.84. The maximum Gasteiger partial charge on any atom is 0.325 e. The highest BCUT2D eigenvalue weighted by Gasteiger charge is 2.49. The van der Waals surface area contributed by atoms with Gasteiger partial charge in [-0.1, -0.05) is 42.5 Å². The molecule has 0 bridgehead atoms. The van der Waals surface area contributed by atoms with E-state index in [-0.39, 0.29) is 19.2 Å². The molecule has 1 fully saturated rings. The van der Waals surface area contributed by atoms with Crippen molar-refractivity contribution >= 4 is 17.8 Å². The lowest BCUT2D eigenvalue weighted by Gasteiger charge is -2.26. The highest BCUT2D eigenvalue weighted by Crippen LogP contribution is 2.31. The molecule has 2 aliphatic rings. The molecule has 1 saturated heterocycles. The first-order chi connectivity index (χ1) is 14.0. The Balaban J connectivity index is 1.34. The van der Waals surface area contributed by atoms with E-state index in [1.54, 1.807) is 37.3 Å². The Labute approximate surface area is 167 Å². The molecule has 4 amide bonds. The summed E-state index contributed by atoms with van der Waals surface area (Å²) >= 11 is 0. The number of benzene rings is 2. The summed E-state index contributed by atoms with van der Waals surface area (Å²) in [6.07, 6.45) is -0.355. The van der Waals surface area contributed by atoms with E-state index < -0.39 is 23.4 Å². The molecule has 0 spiro atoms. The van der Waals surface area contributed by atoms with Gasteiger partial charge < -0.3 is 20.1 Å². The van der Waals surface area contributed by atoms with Crippen molar-refractivity contribution in [3.8, 4) is 11.5 Å². The Morgan fingerprint density at radius 3 is 2.59 bits per heavy atom. The molecule has 150 valence electrons. The van der Waals surface area contributed by atoms with Gasteiger partial charge in [0.1, 0.15) is 24.8 Å². The second-order valence-corrected chi connectivity index (χ2v) is 7.11. The zero-order valence-electron chi connectivity index (χ0n) is 15.9. The highest BCUT2D eigenvalue weighted by molar-refractivity contribution is 6.09. The summed E-state index contributed by atoms with van der Waals surface area (Å²) < 4.78 is 11.4. The van der Waals surface area contributed by atoms with Crippen LogP contribution in [0.4, 0.5) is 4.79 Å². The number of carbonyl (C=O) groups excluding carboxylic acids is 3. The predicted octanol–water partition coefficient (Wildman–Crippen LogP) is 1.41. The number of nitrogens with one attached hydrogen (secondary N) is 2. The standard InChI is InChI=1S/C21H21N3O5/c1-21(14-7-3-2-4-8-14)19(26)24(20(27)23-21)12-18(25)22-11-15-13-28-16-9-5-6-10-17(16)29-15/h2-10,15H,11-13H2,1H3,(H,22,25)(H,23,27)/t15-,21+/m1/s1. The lowest BCUT2D eigenvalue weighted by Crippen LogP contribution is -2.46. The molecule has 4 rings (SSSR count). The monoisotopic (exact) mass is 395 g/mol. The Hall–Kier alpha value is -3.55. The smallest absolute Gasteiger partial charge is 0.325 e. The van der Waals surface area contributed by atoms with Crippen LogP contribution >= 0.6 is 0 Å². The summed E-state index contributed by atoms with van der Waals surface area (Å²) in [4.78, 5) is 38.4. The number of imide groups is 1. The van der Waals surface area contributed by atoms with Gasteiger partial charge in [0.2, 0.25) is 5.91 Å². The number of nitrogens with zero attached hydrogens (tertiary/aromatic N) is 1. The zero-order valence-corrected chi connectivity index (χ0v) is 15.9. The van der Waals surface area contributed by atoms with E-state index in [0.29, 0.717) is 23.7 Å². The van der Waals surface area contributed by atoms with Gasteiger partial charge in [0.05, 0.1) is 6.54 Å². The van der Waals surface area contributed by atoms with Crippen LogP contribution in [0.2, 0.25) is 0 Å². The third kappa shape index (κ3) is 3.61. The van der Waals surface area contributed by atoms with Crippen molar-refractivity contribution in [3.63, 3.8) is 0 Å². The number of hydrogen-bond donors (Lipinski definition) is 2. The predicted molar refractivity (Wildman–Crippen MR) is 103 cm³/mol. The van der Waals surface area contributed by atoms with Gasteiger partial charge in [0.15, 0.2) is 11.5 Å². The van der Waals surface area contributed by atoms with Gasteiger partial charge in [-0.3, -0.25) is 14.5 Å². The minimum atomic E-state index is -1.19. The number of ether oxygens (including phenoxy) is 2. The number of carbonyl (C=O) groups is 3. The van der Waals surface area contributed by atoms with Crippen LogP contribution < -0.4 is 20.1 Å². The first-order valence-corrected chi connectivity index (χ1v) is 9.32. The van der Waals surface area contributed by atoms with Crippen LogP contribution in [-0.2, 0) is 15.1 Å². The summed E-state index contributed by atoms with van der Waals surface area (Å²) in [6.45, 7) is 1.77. The van der Waals surface area contributed by atoms with Gasteiger partial charge in [-0.15, -0.1) is 0 Å². The summed E-state index contributed by atoms with van der Waals surface area (Å²) in [5.41, 5.74) is -0.532. The molecule has 0 unspecified atom stereocenters. The minimum Gasteiger partial charge on any atom is -0.486 e. The normalized spacial score (nSPS) is 22.9. The SMILES string of the molecule is C[C@@]1(c2ccccc2)NC(=O)N(CC(=O)NC[C@@H]2COc3ccccc3O2)C1=O. The van der Waals surface area contributed by atoms with Crippen molar-refractivity contribution in [1.82, 2.24) is 15.5 Å². The number of hydrogen-bond acceptors (Lipinski definition) is 5. The first-order valence-electron chi connectivity index (χ1n) is 9.32. The topological polar surface area (TPSA) is 97.0 Å². The van der Waals surface area contributed by atoms with E-state index in [1.807, 2.05) is 24.3 Å². The molecular weight excluding hydrogens is 374 g/mol. The number of fused-ring (bicyclic) bond motifs is 1. The van der Waals surface area contributed by atoms with Crippen LogP contribution in [-0.4, -0.2) is 48.5 Å². The van der Waals surface area contributed by atoms with Crippen LogP contribution in [0.3, 0.4) is 0 Å². The van der Waals surface area contributed by atoms with E-state index >= 15 is 0 Å². The van der Waals surface area contributed by atoms with Crippen LogP contribution in [0.15, 0.2) is 54.6 Å². The zero-order chi connectivity index (χ0) is 20.4. The van der Waals surface area contributed by atoms with Crippen LogP contribution in [0.5, 0.6) is 11.5 Å². The number of urea groups is 1. The van der Waals surface area contributed by atoms with Gasteiger partial charge in [0.25, 0.3) is 5.91 Å². The van der Waals surface area contributed by atoms with Gasteiger partial charge >= 0.3 is 6.03 Å². The van der Waals surface area contributed by atoms with Crippen molar-refractivity contribution in [3.05, 3.63) is 60.2 Å². The molecule has 29 heavy (non-hydrogen) atoms. The molecule has 8 heteroatoms. The largest absolute Gasteiger partial charge is 0.486 e. The lowest BCUT2D eigenvalue weighted by molar-refractivity contribution is -0.134. The summed E-state index contributed by atoms with van der Waals surface area (Å²) in [7, 11) is 0. The number of rotatable bonds is 5. The molecule has 0 aromatic heterocycles. The van der Waals surface area contributed by atoms with Crippen LogP contribution in [0.25, 0.3) is 0 Å². The average molecular weight is 395 g/mol. The van der Waals surface area contributed by atoms with Crippen LogP contribution in [0, 0.1) is 0 Å². The molecule has 2 aliphatic heterocycles. The van der Waals surface area contributed by atoms with Crippen molar-refractivity contribution in [2.45, 2.75) is 18.6 Å². The Bertz CT molecular complexity index is 948. The maximum atomic E-state index is 12.8. The van der Waals surface area contributed by atoms with E-state index in [1.165, 1.54) is 0 Å². The Morgan fingerprint density at radius 1 is 1.14 bits per heavy atom. The molecule has 0 saturated carbocycles. The van der Waals surface area contributed by atoms with Crippen molar-refractivity contribution < 1.29 is 23.9 Å². The summed E-state index contributed by atoms with van der Waals surface area (Å²) in [5, 5.41) is 5.38. The molecule has 0 radical (unpaired) electrons. The second-order valence-electron chi connectivity index (χ2n) is 7.11. The van der Waals surface area contributed by atoms with E-state index in [4.69, 9.17) is 9.47 Å². The quantitative estimate of drug-likeness (QED) is 0.746. The fraction of sp³-hybridized carbons (Fsp3) is 0.286. The van der Waals surface area contributed by atoms with Crippen LogP contribution in [0.1, 0.15) is 12.5 Å². The Morgan fingerprint density at radius 2 is 1.83 bits per heavy atom. The van der Waals surface area contributed by atoms with E-state index in [0.717, 1.165) is 4.90 Å². The molecule has 2 N–H and O–H groups in total. The molecule has 8 nitrogen and oxygen atoms in total. The molecule has 2 atom stereocenters. The fourth-order valence-electron chi connectivity index (χ4n) is 3.40. The second kappa shape index (κ2) is 7.46. The molecule has 2 heterocycles. The van der Waals surface area contributed by atoms with Crippen molar-refractivity contribution in [2.75, 3.05) is 19.7 Å². The van der Waals surface area contributed by atoms with Gasteiger partial charge in [-0.25, -0.2) is 4.79 Å². The fourth-order valence-corrected chi connectivity index (χ4v) is 3.40. The molecule has 2 aromatic rings. The summed E-state index contributed by atoms with van der Waals surface area (Å²) in [5.74, 6) is 0.364. The number of amides is 4. The highest BCUT2D eigenvalue weighted by atomic mass is 16.6. The lowest BCUT2D eigenvalue weighted by atomic mass is 9.92. The molecule has 2 aromatic carbocycles. The maximum absolute atomic E-state index is 12.8. The average Bonchev–Trinajstić information content (AvgIpc) is 2.96. The molecular formula is C21H21N3O5. The first kappa shape index (κ1) is 18.8. The van der Waals surface area contributed by atoms with Crippen molar-refractivity contribution in [2.24, 2.45) is 0 Å². The molecule has 0 aliphatic carbocycles. The van der Waals surface area contributed by atoms with Gasteiger partial charge in [0, 0.05) is 0 Å². The minimum absolute atomic E-state index is 0.201. The number of para-hydroxylation sites is 2. The summed E-state index contributed by atoms with van der Waals surface area (Å²) in [6, 6.07) is 15.6. The van der Waals surface area contributed by atoms with Crippen molar-refractivity contribution in [1.29, 1.82) is 0 Å². The third-order valence-corrected chi connectivity index (χ3v) is 5.02. The van der Waals surface area contributed by atoms with E-state index in [2.05, 4.69) is 10.6 Å².